The lowest BCUT2D eigenvalue weighted by Gasteiger charge is -1.99. The normalized spacial score (nSPS) is 10.8. The summed E-state index contributed by atoms with van der Waals surface area (Å²) in [5, 5.41) is 7.22. The summed E-state index contributed by atoms with van der Waals surface area (Å²) in [6.07, 6.45) is 1.75. The first-order valence-electron chi connectivity index (χ1n) is 6.03. The molecular formula is C13H17N3OS. The molecule has 2 aromatic heterocycles. The minimum Gasteiger partial charge on any atom is -0.299 e. The maximum Gasteiger partial charge on any atom is 0.145 e. The highest BCUT2D eigenvalue weighted by Crippen LogP contribution is 2.12. The third-order valence-corrected chi connectivity index (χ3v) is 3.75. The second kappa shape index (κ2) is 5.44. The molecule has 0 radical (unpaired) electrons. The van der Waals surface area contributed by atoms with Gasteiger partial charge in [0.05, 0.1) is 12.1 Å². The largest absolute Gasteiger partial charge is 0.299 e. The van der Waals surface area contributed by atoms with E-state index in [1.165, 1.54) is 0 Å². The van der Waals surface area contributed by atoms with E-state index in [-0.39, 0.29) is 5.78 Å². The van der Waals surface area contributed by atoms with Crippen molar-refractivity contribution in [3.8, 4) is 0 Å². The van der Waals surface area contributed by atoms with Gasteiger partial charge in [-0.1, -0.05) is 6.92 Å². The molecule has 0 saturated heterocycles. The van der Waals surface area contributed by atoms with Crippen LogP contribution in [-0.2, 0) is 31.1 Å². The Bertz CT molecular complexity index is 556. The zero-order chi connectivity index (χ0) is 13.1. The molecular weight excluding hydrogens is 246 g/mol. The van der Waals surface area contributed by atoms with Crippen LogP contribution in [0.5, 0.6) is 0 Å². The van der Waals surface area contributed by atoms with Gasteiger partial charge in [-0.05, 0) is 19.4 Å². The summed E-state index contributed by atoms with van der Waals surface area (Å²) in [4.78, 5) is 16.3. The van der Waals surface area contributed by atoms with Gasteiger partial charge < -0.3 is 0 Å². The Morgan fingerprint density at radius 1 is 1.44 bits per heavy atom. The fourth-order valence-electron chi connectivity index (χ4n) is 1.83. The Hall–Kier alpha value is -1.49. The lowest BCUT2D eigenvalue weighted by atomic mass is 10.1. The molecule has 0 aliphatic heterocycles. The Balaban J connectivity index is 2.00. The third kappa shape index (κ3) is 3.04. The first-order chi connectivity index (χ1) is 8.58. The molecule has 0 bridgehead atoms. The number of aryl methyl sites for hydroxylation is 3. The highest BCUT2D eigenvalue weighted by atomic mass is 32.1. The van der Waals surface area contributed by atoms with Gasteiger partial charge in [0.25, 0.3) is 0 Å². The van der Waals surface area contributed by atoms with E-state index in [2.05, 4.69) is 17.0 Å². The third-order valence-electron chi connectivity index (χ3n) is 2.78. The number of Topliss-reactive ketones (excluding diaryl/α,β-unsaturated/α-hetero) is 1. The quantitative estimate of drug-likeness (QED) is 0.830. The van der Waals surface area contributed by atoms with E-state index >= 15 is 0 Å². The van der Waals surface area contributed by atoms with Crippen LogP contribution in [0.4, 0.5) is 0 Å². The van der Waals surface area contributed by atoms with E-state index in [9.17, 15) is 4.79 Å². The summed E-state index contributed by atoms with van der Waals surface area (Å²) in [6.45, 7) is 4.01. The molecule has 0 saturated carbocycles. The summed E-state index contributed by atoms with van der Waals surface area (Å²) in [6, 6.07) is 2.00. The highest BCUT2D eigenvalue weighted by Gasteiger charge is 2.11. The zero-order valence-corrected chi connectivity index (χ0v) is 11.8. The average molecular weight is 263 g/mol. The Morgan fingerprint density at radius 2 is 2.22 bits per heavy atom. The van der Waals surface area contributed by atoms with E-state index in [4.69, 9.17) is 0 Å². The van der Waals surface area contributed by atoms with Crippen molar-refractivity contribution in [2.45, 2.75) is 33.1 Å². The Labute approximate surface area is 111 Å². The molecule has 4 nitrogen and oxygen atoms in total. The molecule has 0 spiro atoms. The number of carbonyl (C=O) groups excluding carboxylic acids is 1. The van der Waals surface area contributed by atoms with Crippen LogP contribution >= 0.6 is 11.3 Å². The van der Waals surface area contributed by atoms with Crippen LogP contribution in [0.2, 0.25) is 0 Å². The van der Waals surface area contributed by atoms with Crippen molar-refractivity contribution in [2.24, 2.45) is 7.05 Å². The molecule has 5 heteroatoms. The predicted molar refractivity (Wildman–Crippen MR) is 71.9 cm³/mol. The molecule has 0 amide bonds. The van der Waals surface area contributed by atoms with Gasteiger partial charge in [0, 0.05) is 30.2 Å². The molecule has 0 aliphatic rings. The molecule has 0 atom stereocenters. The van der Waals surface area contributed by atoms with Gasteiger partial charge in [-0.3, -0.25) is 9.48 Å². The van der Waals surface area contributed by atoms with Crippen molar-refractivity contribution in [3.05, 3.63) is 33.5 Å². The second-order valence-corrected chi connectivity index (χ2v) is 5.32. The monoisotopic (exact) mass is 263 g/mol. The fraction of sp³-hybridized carbons (Fsp3) is 0.462. The van der Waals surface area contributed by atoms with Gasteiger partial charge in [0.2, 0.25) is 0 Å². The van der Waals surface area contributed by atoms with Gasteiger partial charge in [-0.25, -0.2) is 4.98 Å². The Kier molecular flexibility index (Phi) is 3.91. The van der Waals surface area contributed by atoms with Gasteiger partial charge in [0.1, 0.15) is 10.8 Å². The van der Waals surface area contributed by atoms with E-state index in [0.717, 1.165) is 28.5 Å². The predicted octanol–water partition coefficient (Wildman–Crippen LogP) is 2.10. The standard InChI is InChI=1S/C13H17N3OS/c1-4-10-5-11(16(3)15-10)6-12(17)7-13-14-9(2)8-18-13/h5,8H,4,6-7H2,1-3H3. The fourth-order valence-corrected chi connectivity index (χ4v) is 2.63. The lowest BCUT2D eigenvalue weighted by molar-refractivity contribution is -0.117. The molecule has 0 aromatic carbocycles. The molecule has 0 aliphatic carbocycles. The average Bonchev–Trinajstić information content (AvgIpc) is 2.86. The van der Waals surface area contributed by atoms with Gasteiger partial charge >= 0.3 is 0 Å². The SMILES string of the molecule is CCc1cc(CC(=O)Cc2nc(C)cs2)n(C)n1. The zero-order valence-electron chi connectivity index (χ0n) is 10.9. The van der Waals surface area contributed by atoms with Crippen molar-refractivity contribution >= 4 is 17.1 Å². The molecule has 96 valence electrons. The number of carbonyl (C=O) groups is 1. The van der Waals surface area contributed by atoms with Crippen LogP contribution in [0, 0.1) is 6.92 Å². The molecule has 2 rings (SSSR count). The van der Waals surface area contributed by atoms with Crippen LogP contribution in [0.25, 0.3) is 0 Å². The number of hydrogen-bond acceptors (Lipinski definition) is 4. The number of hydrogen-bond donors (Lipinski definition) is 0. The van der Waals surface area contributed by atoms with Crippen molar-refractivity contribution < 1.29 is 4.79 Å². The first-order valence-corrected chi connectivity index (χ1v) is 6.91. The minimum absolute atomic E-state index is 0.190. The van der Waals surface area contributed by atoms with E-state index in [1.807, 2.05) is 25.4 Å². The van der Waals surface area contributed by atoms with Crippen molar-refractivity contribution in [3.63, 3.8) is 0 Å². The smallest absolute Gasteiger partial charge is 0.145 e. The highest BCUT2D eigenvalue weighted by molar-refractivity contribution is 7.09. The Morgan fingerprint density at radius 3 is 2.78 bits per heavy atom. The first kappa shape index (κ1) is 13.0. The number of ketones is 1. The number of nitrogens with zero attached hydrogens (tertiary/aromatic N) is 3. The molecule has 2 heterocycles. The maximum absolute atomic E-state index is 12.0. The minimum atomic E-state index is 0.190. The van der Waals surface area contributed by atoms with Crippen molar-refractivity contribution in [1.29, 1.82) is 0 Å². The van der Waals surface area contributed by atoms with E-state index < -0.39 is 0 Å². The van der Waals surface area contributed by atoms with Crippen LogP contribution in [0.3, 0.4) is 0 Å². The van der Waals surface area contributed by atoms with Gasteiger partial charge in [-0.2, -0.15) is 5.10 Å². The molecule has 2 aromatic rings. The summed E-state index contributed by atoms with van der Waals surface area (Å²) in [5.41, 5.74) is 2.99. The van der Waals surface area contributed by atoms with E-state index in [0.29, 0.717) is 12.8 Å². The molecule has 0 N–H and O–H groups in total. The lowest BCUT2D eigenvalue weighted by Crippen LogP contribution is -2.09. The van der Waals surface area contributed by atoms with Crippen LogP contribution in [0.15, 0.2) is 11.4 Å². The molecule has 0 unspecified atom stereocenters. The number of rotatable bonds is 5. The topological polar surface area (TPSA) is 47.8 Å². The van der Waals surface area contributed by atoms with Crippen LogP contribution in [-0.4, -0.2) is 20.5 Å². The second-order valence-electron chi connectivity index (χ2n) is 4.38. The van der Waals surface area contributed by atoms with Gasteiger partial charge in [-0.15, -0.1) is 11.3 Å². The molecule has 18 heavy (non-hydrogen) atoms. The summed E-state index contributed by atoms with van der Waals surface area (Å²) in [5.74, 6) is 0.190. The summed E-state index contributed by atoms with van der Waals surface area (Å²) >= 11 is 1.55. The van der Waals surface area contributed by atoms with Crippen molar-refractivity contribution in [2.75, 3.05) is 0 Å². The van der Waals surface area contributed by atoms with E-state index in [1.54, 1.807) is 16.0 Å². The number of aromatic nitrogens is 3. The summed E-state index contributed by atoms with van der Waals surface area (Å²) in [7, 11) is 1.88. The van der Waals surface area contributed by atoms with Crippen LogP contribution in [0.1, 0.15) is 29.0 Å². The summed E-state index contributed by atoms with van der Waals surface area (Å²) < 4.78 is 1.80. The maximum atomic E-state index is 12.0. The van der Waals surface area contributed by atoms with Gasteiger partial charge in [0.15, 0.2) is 0 Å². The number of thiazole rings is 1. The molecule has 0 fully saturated rings. The van der Waals surface area contributed by atoms with Crippen molar-refractivity contribution in [1.82, 2.24) is 14.8 Å². The van der Waals surface area contributed by atoms with Crippen LogP contribution < -0.4 is 0 Å².